The molecule has 3 aromatic carbocycles. The van der Waals surface area contributed by atoms with E-state index in [9.17, 15) is 27.6 Å². The van der Waals surface area contributed by atoms with E-state index < -0.39 is 29.5 Å². The maximum atomic E-state index is 13.1. The number of carbonyl (C=O) groups is 3. The van der Waals surface area contributed by atoms with Gasteiger partial charge < -0.3 is 10.6 Å². The van der Waals surface area contributed by atoms with Crippen molar-refractivity contribution >= 4 is 74.8 Å². The highest BCUT2D eigenvalue weighted by molar-refractivity contribution is 6.42. The van der Waals surface area contributed by atoms with E-state index in [1.807, 2.05) is 0 Å². The number of hydrogen-bond acceptors (Lipinski definition) is 3. The Kier molecular flexibility index (Phi) is 7.35. The van der Waals surface area contributed by atoms with Gasteiger partial charge in [0.2, 0.25) is 0 Å². The average molecular weight is 570 g/mol. The molecule has 13 heteroatoms. The molecule has 0 aliphatic carbocycles. The molecule has 0 atom stereocenters. The van der Waals surface area contributed by atoms with Crippen molar-refractivity contribution in [2.24, 2.45) is 0 Å². The van der Waals surface area contributed by atoms with Crippen LogP contribution < -0.4 is 16.1 Å². The van der Waals surface area contributed by atoms with E-state index in [0.29, 0.717) is 22.0 Å². The molecule has 0 aliphatic rings. The molecule has 0 aliphatic heterocycles. The van der Waals surface area contributed by atoms with Crippen LogP contribution in [0.25, 0.3) is 10.9 Å². The summed E-state index contributed by atoms with van der Waals surface area (Å²) >= 11 is 18.0. The Morgan fingerprint density at radius 2 is 1.43 bits per heavy atom. The summed E-state index contributed by atoms with van der Waals surface area (Å²) in [5.41, 5.74) is 1.55. The van der Waals surface area contributed by atoms with E-state index in [-0.39, 0.29) is 27.1 Å². The highest BCUT2D eigenvalue weighted by Gasteiger charge is 2.30. The topological polar surface area (TPSA) is 92.2 Å². The van der Waals surface area contributed by atoms with Gasteiger partial charge in [0, 0.05) is 31.8 Å². The Morgan fingerprint density at radius 1 is 0.730 bits per heavy atom. The molecule has 0 fully saturated rings. The van der Waals surface area contributed by atoms with Crippen molar-refractivity contribution in [3.8, 4) is 0 Å². The molecule has 4 rings (SSSR count). The van der Waals surface area contributed by atoms with E-state index >= 15 is 0 Å². The second kappa shape index (κ2) is 10.3. The van der Waals surface area contributed by atoms with Gasteiger partial charge in [-0.2, -0.15) is 13.2 Å². The summed E-state index contributed by atoms with van der Waals surface area (Å²) in [4.78, 5) is 38.2. The number of amides is 3. The number of carbonyl (C=O) groups excluding carboxylic acids is 3. The molecule has 0 bridgehead atoms. The summed E-state index contributed by atoms with van der Waals surface area (Å²) in [6.07, 6.45) is -4.64. The number of anilines is 2. The van der Waals surface area contributed by atoms with Crippen LogP contribution in [-0.4, -0.2) is 22.4 Å². The lowest BCUT2D eigenvalue weighted by Crippen LogP contribution is -2.36. The molecule has 0 spiro atoms. The molecule has 37 heavy (non-hydrogen) atoms. The molecule has 4 aromatic rings. The van der Waals surface area contributed by atoms with Gasteiger partial charge in [0.05, 0.1) is 11.1 Å². The third kappa shape index (κ3) is 6.16. The van der Waals surface area contributed by atoms with Crippen molar-refractivity contribution in [2.45, 2.75) is 6.18 Å². The van der Waals surface area contributed by atoms with Gasteiger partial charge in [0.15, 0.2) is 0 Å². The normalized spacial score (nSPS) is 11.3. The smallest absolute Gasteiger partial charge is 0.321 e. The first-order valence-electron chi connectivity index (χ1n) is 10.3. The number of nitrogens with one attached hydrogen (secondary N) is 3. The number of rotatable bonds is 4. The predicted octanol–water partition coefficient (Wildman–Crippen LogP) is 6.58. The number of benzene rings is 3. The summed E-state index contributed by atoms with van der Waals surface area (Å²) in [7, 11) is 0. The quantitative estimate of drug-likeness (QED) is 0.242. The SMILES string of the molecule is O=C(Nc1cccc(C(F)(F)F)c1)C(=O)Nn1c(C(=O)Nc2cc(Cl)cc(Cl)c2)cc2cc(Cl)ccc21. The molecule has 0 radical (unpaired) electrons. The van der Waals surface area contributed by atoms with Crippen LogP contribution in [0.3, 0.4) is 0 Å². The van der Waals surface area contributed by atoms with Gasteiger partial charge in [-0.05, 0) is 60.7 Å². The third-order valence-electron chi connectivity index (χ3n) is 4.98. The monoisotopic (exact) mass is 568 g/mol. The van der Waals surface area contributed by atoms with Crippen LogP contribution in [0.2, 0.25) is 15.1 Å². The van der Waals surface area contributed by atoms with E-state index in [1.54, 1.807) is 0 Å². The van der Waals surface area contributed by atoms with Gasteiger partial charge in [-0.25, -0.2) is 4.68 Å². The van der Waals surface area contributed by atoms with Gasteiger partial charge in [0.25, 0.3) is 5.91 Å². The Labute approximate surface area is 222 Å². The second-order valence-electron chi connectivity index (χ2n) is 7.65. The molecular weight excluding hydrogens is 556 g/mol. The Morgan fingerprint density at radius 3 is 2.11 bits per heavy atom. The van der Waals surface area contributed by atoms with Crippen LogP contribution in [0, 0.1) is 0 Å². The van der Waals surface area contributed by atoms with E-state index in [0.717, 1.165) is 16.8 Å². The van der Waals surface area contributed by atoms with Crippen molar-refractivity contribution in [3.05, 3.63) is 93.1 Å². The fraction of sp³-hybridized carbons (Fsp3) is 0.0417. The number of nitrogens with zero attached hydrogens (tertiary/aromatic N) is 1. The first kappa shape index (κ1) is 26.3. The largest absolute Gasteiger partial charge is 0.416 e. The Bertz CT molecular complexity index is 1530. The maximum absolute atomic E-state index is 13.1. The standard InChI is InChI=1S/C24H14Cl3F3N4O3/c25-14-4-5-19-12(6-14)7-20(21(35)32-18-10-15(26)9-16(27)11-18)34(19)33-23(37)22(36)31-17-3-1-2-13(8-17)24(28,29)30/h1-11H,(H,31,36)(H,32,35)(H,33,37). The number of halogens is 6. The first-order valence-corrected chi connectivity index (χ1v) is 11.4. The fourth-order valence-corrected chi connectivity index (χ4v) is 4.11. The van der Waals surface area contributed by atoms with Crippen LogP contribution in [0.4, 0.5) is 24.5 Å². The summed E-state index contributed by atoms with van der Waals surface area (Å²) in [5.74, 6) is -3.20. The number of aromatic nitrogens is 1. The van der Waals surface area contributed by atoms with Crippen LogP contribution in [0.15, 0.2) is 66.7 Å². The lowest BCUT2D eigenvalue weighted by atomic mass is 10.2. The lowest BCUT2D eigenvalue weighted by molar-refractivity contribution is -0.137. The molecule has 7 nitrogen and oxygen atoms in total. The highest BCUT2D eigenvalue weighted by Crippen LogP contribution is 2.31. The minimum Gasteiger partial charge on any atom is -0.321 e. The summed E-state index contributed by atoms with van der Waals surface area (Å²) in [6.45, 7) is 0. The number of alkyl halides is 3. The zero-order valence-electron chi connectivity index (χ0n) is 18.3. The zero-order valence-corrected chi connectivity index (χ0v) is 20.6. The molecule has 1 heterocycles. The number of fused-ring (bicyclic) bond motifs is 1. The minimum absolute atomic E-state index is 0.0893. The third-order valence-corrected chi connectivity index (χ3v) is 5.66. The van der Waals surface area contributed by atoms with Gasteiger partial charge in [-0.15, -0.1) is 0 Å². The molecule has 0 saturated carbocycles. The van der Waals surface area contributed by atoms with Crippen molar-refractivity contribution in [2.75, 3.05) is 16.1 Å². The summed E-state index contributed by atoms with van der Waals surface area (Å²) in [5, 5.41) is 6.07. The molecule has 3 N–H and O–H groups in total. The van der Waals surface area contributed by atoms with Gasteiger partial charge in [-0.3, -0.25) is 19.8 Å². The first-order chi connectivity index (χ1) is 17.4. The zero-order chi connectivity index (χ0) is 26.9. The molecular formula is C24H14Cl3F3N4O3. The van der Waals surface area contributed by atoms with Gasteiger partial charge in [0.1, 0.15) is 5.69 Å². The van der Waals surface area contributed by atoms with Crippen molar-refractivity contribution in [3.63, 3.8) is 0 Å². The average Bonchev–Trinajstić information content (AvgIpc) is 3.15. The second-order valence-corrected chi connectivity index (χ2v) is 8.96. The van der Waals surface area contributed by atoms with E-state index in [4.69, 9.17) is 34.8 Å². The van der Waals surface area contributed by atoms with E-state index in [2.05, 4.69) is 16.1 Å². The predicted molar refractivity (Wildman–Crippen MR) is 136 cm³/mol. The summed E-state index contributed by atoms with van der Waals surface area (Å²) < 4.78 is 39.9. The van der Waals surface area contributed by atoms with Crippen molar-refractivity contribution in [1.82, 2.24) is 4.68 Å². The Balaban J connectivity index is 1.61. The molecule has 3 amide bonds. The van der Waals surface area contributed by atoms with Crippen LogP contribution >= 0.6 is 34.8 Å². The molecule has 1 aromatic heterocycles. The fourth-order valence-electron chi connectivity index (χ4n) is 3.41. The minimum atomic E-state index is -4.64. The Hall–Kier alpha value is -3.73. The van der Waals surface area contributed by atoms with Crippen LogP contribution in [-0.2, 0) is 15.8 Å². The van der Waals surface area contributed by atoms with E-state index in [1.165, 1.54) is 48.5 Å². The molecule has 0 saturated heterocycles. The number of hydrogen-bond donors (Lipinski definition) is 3. The molecule has 0 unspecified atom stereocenters. The van der Waals surface area contributed by atoms with Gasteiger partial charge >= 0.3 is 18.0 Å². The van der Waals surface area contributed by atoms with Crippen molar-refractivity contribution < 1.29 is 27.6 Å². The van der Waals surface area contributed by atoms with Crippen molar-refractivity contribution in [1.29, 1.82) is 0 Å². The molecule has 190 valence electrons. The summed E-state index contributed by atoms with van der Waals surface area (Å²) in [6, 6.07) is 14.2. The van der Waals surface area contributed by atoms with Crippen LogP contribution in [0.5, 0.6) is 0 Å². The van der Waals surface area contributed by atoms with Gasteiger partial charge in [-0.1, -0.05) is 40.9 Å². The van der Waals surface area contributed by atoms with Crippen LogP contribution in [0.1, 0.15) is 16.1 Å². The maximum Gasteiger partial charge on any atom is 0.416 e. The lowest BCUT2D eigenvalue weighted by Gasteiger charge is -2.13. The highest BCUT2D eigenvalue weighted by atomic mass is 35.5.